The fourth-order valence-electron chi connectivity index (χ4n) is 1.58. The molecule has 1 aliphatic carbocycles. The molecule has 1 heterocycles. The van der Waals surface area contributed by atoms with Gasteiger partial charge in [-0.05, 0) is 31.4 Å². The van der Waals surface area contributed by atoms with E-state index in [-0.39, 0.29) is 11.8 Å². The van der Waals surface area contributed by atoms with Crippen molar-refractivity contribution in [3.8, 4) is 0 Å². The first-order valence-corrected chi connectivity index (χ1v) is 7.65. The molecule has 2 rings (SSSR count). The lowest BCUT2D eigenvalue weighted by Crippen LogP contribution is -2.24. The van der Waals surface area contributed by atoms with Gasteiger partial charge in [-0.2, -0.15) is 0 Å². The lowest BCUT2D eigenvalue weighted by atomic mass is 10.3. The van der Waals surface area contributed by atoms with E-state index in [0.29, 0.717) is 18.3 Å². The molecule has 20 heavy (non-hydrogen) atoms. The average molecular weight is 294 g/mol. The van der Waals surface area contributed by atoms with Crippen LogP contribution in [0.2, 0.25) is 0 Å². The predicted molar refractivity (Wildman–Crippen MR) is 77.5 cm³/mol. The second kappa shape index (κ2) is 7.23. The Bertz CT molecular complexity index is 474. The third-order valence-corrected chi connectivity index (χ3v) is 3.69. The SMILES string of the molecule is CC(=O)Nc1ccc(SCCCC(=O)NC2CC2)nn1. The van der Waals surface area contributed by atoms with Gasteiger partial charge in [0, 0.05) is 25.1 Å². The largest absolute Gasteiger partial charge is 0.353 e. The zero-order valence-electron chi connectivity index (χ0n) is 11.4. The molecule has 1 aromatic heterocycles. The number of anilines is 1. The van der Waals surface area contributed by atoms with E-state index in [1.807, 2.05) is 6.07 Å². The van der Waals surface area contributed by atoms with E-state index in [4.69, 9.17) is 0 Å². The molecule has 108 valence electrons. The third-order valence-electron chi connectivity index (χ3n) is 2.68. The van der Waals surface area contributed by atoms with Gasteiger partial charge in [0.1, 0.15) is 5.03 Å². The van der Waals surface area contributed by atoms with E-state index in [1.54, 1.807) is 17.8 Å². The van der Waals surface area contributed by atoms with Gasteiger partial charge in [-0.3, -0.25) is 9.59 Å². The van der Waals surface area contributed by atoms with Crippen LogP contribution in [-0.4, -0.2) is 33.8 Å². The Morgan fingerprint density at radius 1 is 1.35 bits per heavy atom. The molecular formula is C13H18N4O2S. The molecule has 7 heteroatoms. The van der Waals surface area contributed by atoms with Crippen LogP contribution in [0.4, 0.5) is 5.82 Å². The Labute approximate surface area is 122 Å². The van der Waals surface area contributed by atoms with Crippen molar-refractivity contribution in [3.63, 3.8) is 0 Å². The van der Waals surface area contributed by atoms with E-state index in [1.165, 1.54) is 6.92 Å². The van der Waals surface area contributed by atoms with Crippen LogP contribution in [0, 0.1) is 0 Å². The number of hydrogen-bond acceptors (Lipinski definition) is 5. The number of thioether (sulfide) groups is 1. The van der Waals surface area contributed by atoms with Gasteiger partial charge in [-0.15, -0.1) is 22.0 Å². The average Bonchev–Trinajstić information content (AvgIpc) is 3.20. The zero-order valence-corrected chi connectivity index (χ0v) is 12.2. The molecule has 0 bridgehead atoms. The van der Waals surface area contributed by atoms with Gasteiger partial charge in [-0.25, -0.2) is 0 Å². The molecular weight excluding hydrogens is 276 g/mol. The Morgan fingerprint density at radius 2 is 2.15 bits per heavy atom. The van der Waals surface area contributed by atoms with E-state index in [2.05, 4.69) is 20.8 Å². The quantitative estimate of drug-likeness (QED) is 0.589. The summed E-state index contributed by atoms with van der Waals surface area (Å²) in [5.74, 6) is 1.25. The van der Waals surface area contributed by atoms with Gasteiger partial charge >= 0.3 is 0 Å². The molecule has 0 aromatic carbocycles. The van der Waals surface area contributed by atoms with Gasteiger partial charge in [0.25, 0.3) is 0 Å². The first kappa shape index (κ1) is 14.8. The normalized spacial score (nSPS) is 13.8. The number of carbonyl (C=O) groups excluding carboxylic acids is 2. The van der Waals surface area contributed by atoms with Crippen molar-refractivity contribution >= 4 is 29.4 Å². The molecule has 1 aromatic rings. The van der Waals surface area contributed by atoms with Crippen LogP contribution in [0.3, 0.4) is 0 Å². The first-order chi connectivity index (χ1) is 9.63. The molecule has 6 nitrogen and oxygen atoms in total. The Balaban J connectivity index is 1.63. The number of nitrogens with one attached hydrogen (secondary N) is 2. The Kier molecular flexibility index (Phi) is 5.34. The Morgan fingerprint density at radius 3 is 2.75 bits per heavy atom. The number of carbonyl (C=O) groups is 2. The summed E-state index contributed by atoms with van der Waals surface area (Å²) in [6, 6.07) is 3.96. The summed E-state index contributed by atoms with van der Waals surface area (Å²) in [7, 11) is 0. The van der Waals surface area contributed by atoms with Crippen LogP contribution in [0.15, 0.2) is 17.2 Å². The molecule has 0 saturated heterocycles. The first-order valence-electron chi connectivity index (χ1n) is 6.67. The number of nitrogens with zero attached hydrogens (tertiary/aromatic N) is 2. The molecule has 0 unspecified atom stereocenters. The highest BCUT2D eigenvalue weighted by Crippen LogP contribution is 2.20. The van der Waals surface area contributed by atoms with E-state index in [9.17, 15) is 9.59 Å². The van der Waals surface area contributed by atoms with Crippen molar-refractivity contribution in [2.45, 2.75) is 43.7 Å². The fourth-order valence-corrected chi connectivity index (χ4v) is 2.34. The van der Waals surface area contributed by atoms with Crippen LogP contribution in [0.5, 0.6) is 0 Å². The van der Waals surface area contributed by atoms with Crippen molar-refractivity contribution in [2.75, 3.05) is 11.1 Å². The third kappa shape index (κ3) is 5.56. The summed E-state index contributed by atoms with van der Waals surface area (Å²) in [5.41, 5.74) is 0. The number of rotatable bonds is 7. The van der Waals surface area contributed by atoms with E-state index in [0.717, 1.165) is 30.0 Å². The van der Waals surface area contributed by atoms with Crippen LogP contribution in [0.1, 0.15) is 32.6 Å². The summed E-state index contributed by atoms with van der Waals surface area (Å²) in [6.45, 7) is 1.43. The maximum atomic E-state index is 11.5. The van der Waals surface area contributed by atoms with Crippen LogP contribution < -0.4 is 10.6 Å². The van der Waals surface area contributed by atoms with Crippen molar-refractivity contribution in [2.24, 2.45) is 0 Å². The molecule has 0 radical (unpaired) electrons. The van der Waals surface area contributed by atoms with Crippen LogP contribution in [-0.2, 0) is 9.59 Å². The Hall–Kier alpha value is -1.63. The van der Waals surface area contributed by atoms with E-state index < -0.39 is 0 Å². The summed E-state index contributed by atoms with van der Waals surface area (Å²) in [5, 5.41) is 14.2. The van der Waals surface area contributed by atoms with Gasteiger partial charge in [0.15, 0.2) is 5.82 Å². The molecule has 0 aliphatic heterocycles. The van der Waals surface area contributed by atoms with Crippen LogP contribution >= 0.6 is 11.8 Å². The lowest BCUT2D eigenvalue weighted by molar-refractivity contribution is -0.121. The highest BCUT2D eigenvalue weighted by Gasteiger charge is 2.22. The number of aromatic nitrogens is 2. The van der Waals surface area contributed by atoms with Crippen molar-refractivity contribution in [3.05, 3.63) is 12.1 Å². The van der Waals surface area contributed by atoms with Crippen LogP contribution in [0.25, 0.3) is 0 Å². The molecule has 2 N–H and O–H groups in total. The van der Waals surface area contributed by atoms with Gasteiger partial charge in [0.2, 0.25) is 11.8 Å². The number of amides is 2. The maximum Gasteiger partial charge on any atom is 0.222 e. The van der Waals surface area contributed by atoms with Crippen molar-refractivity contribution in [1.82, 2.24) is 15.5 Å². The number of hydrogen-bond donors (Lipinski definition) is 2. The second-order valence-electron chi connectivity index (χ2n) is 4.73. The topological polar surface area (TPSA) is 84.0 Å². The molecule has 2 amide bonds. The monoisotopic (exact) mass is 294 g/mol. The van der Waals surface area contributed by atoms with E-state index >= 15 is 0 Å². The highest BCUT2D eigenvalue weighted by molar-refractivity contribution is 7.99. The second-order valence-corrected chi connectivity index (χ2v) is 5.85. The van der Waals surface area contributed by atoms with Crippen molar-refractivity contribution in [1.29, 1.82) is 0 Å². The van der Waals surface area contributed by atoms with Gasteiger partial charge in [0.05, 0.1) is 0 Å². The fraction of sp³-hybridized carbons (Fsp3) is 0.538. The minimum absolute atomic E-state index is 0.139. The maximum absolute atomic E-state index is 11.5. The molecule has 0 spiro atoms. The summed E-state index contributed by atoms with van der Waals surface area (Å²) < 4.78 is 0. The lowest BCUT2D eigenvalue weighted by Gasteiger charge is -2.03. The zero-order chi connectivity index (χ0) is 14.4. The summed E-state index contributed by atoms with van der Waals surface area (Å²) in [4.78, 5) is 22.3. The predicted octanol–water partition coefficient (Wildman–Crippen LogP) is 1.59. The standard InChI is InChI=1S/C13H18N4O2S/c1-9(18)14-11-6-7-13(17-16-11)20-8-2-3-12(19)15-10-4-5-10/h6-7,10H,2-5,8H2,1H3,(H,15,19)(H,14,16,18). The minimum atomic E-state index is -0.165. The molecule has 1 fully saturated rings. The highest BCUT2D eigenvalue weighted by atomic mass is 32.2. The molecule has 1 saturated carbocycles. The summed E-state index contributed by atoms with van der Waals surface area (Å²) >= 11 is 1.56. The van der Waals surface area contributed by atoms with Gasteiger partial charge in [-0.1, -0.05) is 0 Å². The van der Waals surface area contributed by atoms with Crippen molar-refractivity contribution < 1.29 is 9.59 Å². The molecule has 0 atom stereocenters. The minimum Gasteiger partial charge on any atom is -0.353 e. The summed E-state index contributed by atoms with van der Waals surface area (Å²) in [6.07, 6.45) is 3.62. The van der Waals surface area contributed by atoms with Gasteiger partial charge < -0.3 is 10.6 Å². The smallest absolute Gasteiger partial charge is 0.222 e. The molecule has 1 aliphatic rings.